The van der Waals surface area contributed by atoms with Gasteiger partial charge in [-0.15, -0.1) is 0 Å². The van der Waals surface area contributed by atoms with E-state index in [0.29, 0.717) is 11.5 Å². The fourth-order valence-electron chi connectivity index (χ4n) is 8.73. The number of methoxy groups -OCH3 is 2. The molecule has 0 saturated carbocycles. The van der Waals surface area contributed by atoms with Gasteiger partial charge in [-0.05, 0) is 66.6 Å². The van der Waals surface area contributed by atoms with Gasteiger partial charge >= 0.3 is 11.4 Å². The minimum atomic E-state index is -3.91. The third kappa shape index (κ3) is 10.5. The van der Waals surface area contributed by atoms with Crippen LogP contribution in [0, 0.1) is 11.8 Å². The van der Waals surface area contributed by atoms with E-state index in [-0.39, 0.29) is 55.3 Å². The van der Waals surface area contributed by atoms with Gasteiger partial charge in [-0.2, -0.15) is 0 Å². The van der Waals surface area contributed by atoms with Crippen LogP contribution in [0.5, 0.6) is 11.5 Å². The Morgan fingerprint density at radius 1 is 0.625 bits per heavy atom. The summed E-state index contributed by atoms with van der Waals surface area (Å²) in [5, 5.41) is 0. The number of rotatable bonds is 19. The van der Waals surface area contributed by atoms with Gasteiger partial charge < -0.3 is 23.7 Å². The van der Waals surface area contributed by atoms with Gasteiger partial charge in [0, 0.05) is 42.1 Å². The van der Waals surface area contributed by atoms with Crippen LogP contribution in [0.3, 0.4) is 0 Å². The molecule has 19 heteroatoms. The molecule has 17 nitrogen and oxygen atoms in total. The molecule has 2 aliphatic rings. The molecule has 64 heavy (non-hydrogen) atoms. The first-order chi connectivity index (χ1) is 30.6. The van der Waals surface area contributed by atoms with Gasteiger partial charge in [0.25, 0.3) is 11.1 Å². The van der Waals surface area contributed by atoms with Gasteiger partial charge in [-0.25, -0.2) is 26.4 Å². The first-order valence-corrected chi connectivity index (χ1v) is 24.6. The van der Waals surface area contributed by atoms with E-state index in [9.17, 15) is 36.0 Å². The lowest BCUT2D eigenvalue weighted by atomic mass is 9.80. The molecule has 0 amide bonds. The molecule has 342 valence electrons. The summed E-state index contributed by atoms with van der Waals surface area (Å²) in [5.74, 6) is -1.08. The first-order valence-electron chi connectivity index (χ1n) is 21.0. The number of sulfone groups is 2. The van der Waals surface area contributed by atoms with Crippen molar-refractivity contribution in [3.63, 3.8) is 0 Å². The summed E-state index contributed by atoms with van der Waals surface area (Å²) in [4.78, 5) is 53.7. The normalized spacial score (nSPS) is 21.5. The Balaban J connectivity index is 1.15. The van der Waals surface area contributed by atoms with E-state index >= 15 is 0 Å². The minimum Gasteiger partial charge on any atom is -0.497 e. The van der Waals surface area contributed by atoms with E-state index in [2.05, 4.69) is 9.97 Å². The van der Waals surface area contributed by atoms with E-state index in [1.165, 1.54) is 34.5 Å². The Labute approximate surface area is 369 Å². The van der Waals surface area contributed by atoms with Crippen molar-refractivity contribution in [2.45, 2.75) is 62.9 Å². The Hall–Kier alpha value is -5.60. The Morgan fingerprint density at radius 2 is 1.08 bits per heavy atom. The molecule has 0 bridgehead atoms. The maximum atomic E-state index is 14.1. The fourth-order valence-corrected chi connectivity index (χ4v) is 11.7. The second-order valence-electron chi connectivity index (χ2n) is 16.0. The zero-order chi connectivity index (χ0) is 45.6. The van der Waals surface area contributed by atoms with Gasteiger partial charge in [-0.3, -0.25) is 28.7 Å². The van der Waals surface area contributed by atoms with Crippen molar-refractivity contribution >= 4 is 19.7 Å². The van der Waals surface area contributed by atoms with Crippen LogP contribution in [-0.2, 0) is 39.5 Å². The highest BCUT2D eigenvalue weighted by Crippen LogP contribution is 2.43. The first kappa shape index (κ1) is 46.4. The molecule has 4 heterocycles. The zero-order valence-corrected chi connectivity index (χ0v) is 37.3. The number of aromatic nitrogens is 4. The summed E-state index contributed by atoms with van der Waals surface area (Å²) >= 11 is 0. The summed E-state index contributed by atoms with van der Waals surface area (Å²) in [7, 11) is -4.26. The number of hydrogen-bond acceptors (Lipinski definition) is 13. The van der Waals surface area contributed by atoms with E-state index < -0.39 is 84.3 Å². The van der Waals surface area contributed by atoms with Crippen molar-refractivity contribution in [3.05, 3.63) is 162 Å². The van der Waals surface area contributed by atoms with Gasteiger partial charge in [0.05, 0.1) is 50.3 Å². The monoisotopic (exact) mass is 920 g/mol. The summed E-state index contributed by atoms with van der Waals surface area (Å²) in [6.45, 7) is 1.59. The minimum absolute atomic E-state index is 0.0612. The zero-order valence-electron chi connectivity index (χ0n) is 35.7. The second-order valence-corrected chi connectivity index (χ2v) is 20.7. The van der Waals surface area contributed by atoms with E-state index in [1.54, 1.807) is 14.2 Å². The average molecular weight is 921 g/mol. The smallest absolute Gasteiger partial charge is 0.330 e. The molecule has 2 N–H and O–H groups in total. The maximum absolute atomic E-state index is 14.1. The maximum Gasteiger partial charge on any atom is 0.330 e. The second kappa shape index (κ2) is 19.6. The van der Waals surface area contributed by atoms with Crippen molar-refractivity contribution < 1.29 is 40.5 Å². The average Bonchev–Trinajstić information content (AvgIpc) is 3.87. The highest BCUT2D eigenvalue weighted by Gasteiger charge is 2.43. The van der Waals surface area contributed by atoms with Crippen LogP contribution in [0.15, 0.2) is 123 Å². The summed E-state index contributed by atoms with van der Waals surface area (Å²) < 4.78 is 86.9. The van der Waals surface area contributed by atoms with E-state index in [1.807, 2.05) is 78.9 Å². The van der Waals surface area contributed by atoms with Crippen LogP contribution in [0.1, 0.15) is 61.8 Å². The van der Waals surface area contributed by atoms with Crippen molar-refractivity contribution in [2.24, 2.45) is 11.8 Å². The predicted octanol–water partition coefficient (Wildman–Crippen LogP) is 3.55. The third-order valence-electron chi connectivity index (χ3n) is 12.0. The highest BCUT2D eigenvalue weighted by molar-refractivity contribution is 7.91. The highest BCUT2D eigenvalue weighted by atomic mass is 32.2. The van der Waals surface area contributed by atoms with Crippen LogP contribution >= 0.6 is 0 Å². The number of ether oxygens (including phenoxy) is 5. The van der Waals surface area contributed by atoms with Crippen LogP contribution in [0.2, 0.25) is 0 Å². The van der Waals surface area contributed by atoms with Gasteiger partial charge in [0.2, 0.25) is 0 Å². The molecule has 6 atom stereocenters. The molecule has 2 aromatic heterocycles. The molecule has 0 aliphatic carbocycles. The van der Waals surface area contributed by atoms with Crippen LogP contribution < -0.4 is 32.0 Å². The Morgan fingerprint density at radius 3 is 1.53 bits per heavy atom. The quantitative estimate of drug-likeness (QED) is 0.113. The van der Waals surface area contributed by atoms with Crippen molar-refractivity contribution in [3.8, 4) is 11.5 Å². The number of aromatic amines is 2. The molecule has 2 aliphatic heterocycles. The molecule has 3 aromatic carbocycles. The number of benzene rings is 3. The lowest BCUT2D eigenvalue weighted by Gasteiger charge is -2.36. The van der Waals surface area contributed by atoms with Crippen molar-refractivity contribution in [1.29, 1.82) is 0 Å². The molecule has 0 radical (unpaired) electrons. The topological polar surface area (TPSA) is 224 Å². The van der Waals surface area contributed by atoms with Crippen molar-refractivity contribution in [2.75, 3.05) is 43.8 Å². The molecular weight excluding hydrogens is 869 g/mol. The predicted molar refractivity (Wildman–Crippen MR) is 237 cm³/mol. The molecule has 2 fully saturated rings. The summed E-state index contributed by atoms with van der Waals surface area (Å²) in [6.07, 6.45) is -0.446. The van der Waals surface area contributed by atoms with Crippen LogP contribution in [0.4, 0.5) is 0 Å². The van der Waals surface area contributed by atoms with Crippen molar-refractivity contribution in [1.82, 2.24) is 19.1 Å². The molecule has 7 rings (SSSR count). The molecule has 5 aromatic rings. The van der Waals surface area contributed by atoms with E-state index in [0.717, 1.165) is 22.8 Å². The van der Waals surface area contributed by atoms with Gasteiger partial charge in [-0.1, -0.05) is 61.5 Å². The fraction of sp³-hybridized carbons (Fsp3) is 0.422. The lowest BCUT2D eigenvalue weighted by molar-refractivity contribution is -0.0439. The van der Waals surface area contributed by atoms with Crippen LogP contribution in [0.25, 0.3) is 0 Å². The number of H-pyrrole nitrogens is 2. The molecule has 0 unspecified atom stereocenters. The third-order valence-corrected chi connectivity index (χ3v) is 15.6. The largest absolute Gasteiger partial charge is 0.497 e. The van der Waals surface area contributed by atoms with E-state index in [4.69, 9.17) is 23.7 Å². The van der Waals surface area contributed by atoms with Gasteiger partial charge in [0.1, 0.15) is 39.4 Å². The Bertz CT molecular complexity index is 2800. The number of nitrogens with zero attached hydrogens (tertiary/aromatic N) is 2. The Kier molecular flexibility index (Phi) is 14.2. The van der Waals surface area contributed by atoms with Crippen LogP contribution in [-0.4, -0.2) is 92.0 Å². The molecular formula is C45H52N4O13S2. The summed E-state index contributed by atoms with van der Waals surface area (Å²) in [5.41, 5.74) is -1.40. The lowest BCUT2D eigenvalue weighted by Crippen LogP contribution is -2.35. The molecule has 2 saturated heterocycles. The number of nitrogens with one attached hydrogen (secondary N) is 2. The summed E-state index contributed by atoms with van der Waals surface area (Å²) in [6, 6.07) is 27.1. The number of hydrogen-bond donors (Lipinski definition) is 2. The molecule has 0 spiro atoms. The van der Waals surface area contributed by atoms with Gasteiger partial charge in [0.15, 0.2) is 9.84 Å². The SMILES string of the molecule is CCS(=O)(=O)C[C@H]1C[C@H](n2ccc(=O)[nH]c2=O)O[C@@H]1CCS(=O)(=O)C[C@H]1C[C@H](n2ccc(=O)[nH]c2=O)O[C@@H]1CCOC(c1ccccc1)(c1ccc(OC)cc1)c1ccc(OC)cc1. The standard InChI is InChI=1S/C45H52N4O13S2/c1-4-63(54,55)28-30-26-42(49-23-19-40(51)47-44(49)53)62-38(30)21-25-64(56,57)29-31-27-41(48-22-18-39(50)46-43(48)52)61-37(31)20-24-60-45(32-8-6-5-7-9-32,33-10-14-35(58-2)15-11-33)34-12-16-36(59-3)17-13-34/h5-19,22-23,30-31,37-38,41-42H,4,20-21,24-29H2,1-3H3,(H,46,50,52)(H,47,51,53)/t30-,31-,37-,38-,41-,42-/m1/s1.